The van der Waals surface area contributed by atoms with Crippen molar-refractivity contribution in [1.82, 2.24) is 19.7 Å². The van der Waals surface area contributed by atoms with E-state index in [1.54, 1.807) is 4.57 Å². The Balaban J connectivity index is 1.41. The molecule has 0 bridgehead atoms. The van der Waals surface area contributed by atoms with Crippen molar-refractivity contribution in [3.8, 4) is 11.4 Å². The van der Waals surface area contributed by atoms with Gasteiger partial charge in [-0.1, -0.05) is 18.2 Å². The lowest BCUT2D eigenvalue weighted by Crippen LogP contribution is -2.32. The molecule has 0 atom stereocenters. The first-order chi connectivity index (χ1) is 14.8. The molecule has 1 heterocycles. The number of hydrogen-bond donors (Lipinski definition) is 1. The predicted octanol–water partition coefficient (Wildman–Crippen LogP) is 3.24. The maximum absolute atomic E-state index is 12.9. The summed E-state index contributed by atoms with van der Waals surface area (Å²) >= 11 is 0. The first kappa shape index (κ1) is 20.7. The number of nitrogens with one attached hydrogen (secondary N) is 1. The van der Waals surface area contributed by atoms with Gasteiger partial charge in [0.1, 0.15) is 11.6 Å². The van der Waals surface area contributed by atoms with E-state index in [4.69, 9.17) is 0 Å². The summed E-state index contributed by atoms with van der Waals surface area (Å²) in [5.74, 6) is 0.0788. The van der Waals surface area contributed by atoms with Gasteiger partial charge >= 0.3 is 12.1 Å². The lowest BCUT2D eigenvalue weighted by atomic mass is 10.2. The first-order valence-electron chi connectivity index (χ1n) is 9.71. The highest BCUT2D eigenvalue weighted by atomic mass is 19.4. The number of ether oxygens (including phenoxy) is 1. The van der Waals surface area contributed by atoms with Crippen molar-refractivity contribution < 1.29 is 22.7 Å². The average Bonchev–Trinajstić information content (AvgIpc) is 3.52. The molecular formula is C21H19F3N4O3. The maximum Gasteiger partial charge on any atom is 0.573 e. The van der Waals surface area contributed by atoms with E-state index < -0.39 is 18.0 Å². The number of amides is 1. The molecular weight excluding hydrogens is 413 g/mol. The van der Waals surface area contributed by atoms with E-state index in [1.165, 1.54) is 16.8 Å². The Kier molecular flexibility index (Phi) is 5.53. The number of aromatic nitrogens is 3. The van der Waals surface area contributed by atoms with Gasteiger partial charge in [0.25, 0.3) is 5.91 Å². The number of rotatable bonds is 7. The Bertz CT molecular complexity index is 1120. The van der Waals surface area contributed by atoms with E-state index >= 15 is 0 Å². The van der Waals surface area contributed by atoms with Crippen molar-refractivity contribution in [3.05, 3.63) is 76.5 Å². The summed E-state index contributed by atoms with van der Waals surface area (Å²) in [6.45, 7) is 0.300. The summed E-state index contributed by atoms with van der Waals surface area (Å²) in [4.78, 5) is 25.1. The van der Waals surface area contributed by atoms with Gasteiger partial charge in [-0.2, -0.15) is 5.10 Å². The SMILES string of the molecule is O=C(NCCn1nc(C2CC2)n(-c2ccccc2)c1=O)c1ccc(OC(F)(F)F)cc1. The fourth-order valence-corrected chi connectivity index (χ4v) is 3.18. The zero-order valence-electron chi connectivity index (χ0n) is 16.3. The molecule has 7 nitrogen and oxygen atoms in total. The number of para-hydroxylation sites is 1. The molecule has 1 fully saturated rings. The largest absolute Gasteiger partial charge is 0.573 e. The fraction of sp³-hybridized carbons (Fsp3) is 0.286. The van der Waals surface area contributed by atoms with Crippen molar-refractivity contribution >= 4 is 5.91 Å². The van der Waals surface area contributed by atoms with Gasteiger partial charge in [0, 0.05) is 18.0 Å². The second-order valence-corrected chi connectivity index (χ2v) is 7.14. The van der Waals surface area contributed by atoms with Crippen LogP contribution in [0.2, 0.25) is 0 Å². The van der Waals surface area contributed by atoms with Gasteiger partial charge in [0.05, 0.1) is 12.2 Å². The number of halogens is 3. The van der Waals surface area contributed by atoms with Crippen LogP contribution in [-0.2, 0) is 6.54 Å². The number of carbonyl (C=O) groups excluding carboxylic acids is 1. The van der Waals surface area contributed by atoms with Crippen LogP contribution < -0.4 is 15.7 Å². The highest BCUT2D eigenvalue weighted by Crippen LogP contribution is 2.39. The Hall–Kier alpha value is -3.56. The zero-order chi connectivity index (χ0) is 22.0. The summed E-state index contributed by atoms with van der Waals surface area (Å²) in [6, 6.07) is 13.8. The number of alkyl halides is 3. The monoisotopic (exact) mass is 432 g/mol. The van der Waals surface area contributed by atoms with Gasteiger partial charge in [-0.25, -0.2) is 14.0 Å². The third kappa shape index (κ3) is 4.96. The molecule has 162 valence electrons. The minimum Gasteiger partial charge on any atom is -0.406 e. The molecule has 0 unspecified atom stereocenters. The quantitative estimate of drug-likeness (QED) is 0.622. The smallest absolute Gasteiger partial charge is 0.406 e. The van der Waals surface area contributed by atoms with Crippen molar-refractivity contribution in [2.24, 2.45) is 0 Å². The van der Waals surface area contributed by atoms with Crippen LogP contribution in [0.1, 0.15) is 34.9 Å². The molecule has 2 aromatic carbocycles. The summed E-state index contributed by atoms with van der Waals surface area (Å²) in [5, 5.41) is 7.10. The molecule has 1 N–H and O–H groups in total. The fourth-order valence-electron chi connectivity index (χ4n) is 3.18. The summed E-state index contributed by atoms with van der Waals surface area (Å²) in [6.07, 6.45) is -2.83. The topological polar surface area (TPSA) is 78.2 Å². The summed E-state index contributed by atoms with van der Waals surface area (Å²) < 4.78 is 43.3. The predicted molar refractivity (Wildman–Crippen MR) is 105 cm³/mol. The summed E-state index contributed by atoms with van der Waals surface area (Å²) in [5.41, 5.74) is 0.636. The van der Waals surface area contributed by atoms with Crippen LogP contribution in [-0.4, -0.2) is 33.2 Å². The van der Waals surface area contributed by atoms with Crippen LogP contribution in [0, 0.1) is 0 Å². The second-order valence-electron chi connectivity index (χ2n) is 7.14. The van der Waals surface area contributed by atoms with E-state index in [-0.39, 0.29) is 30.3 Å². The third-order valence-electron chi connectivity index (χ3n) is 4.78. The Morgan fingerprint density at radius 3 is 2.39 bits per heavy atom. The lowest BCUT2D eigenvalue weighted by molar-refractivity contribution is -0.274. The molecule has 0 spiro atoms. The van der Waals surface area contributed by atoms with Gasteiger partial charge in [0.15, 0.2) is 0 Å². The highest BCUT2D eigenvalue weighted by molar-refractivity contribution is 5.94. The van der Waals surface area contributed by atoms with Gasteiger partial charge in [-0.15, -0.1) is 13.2 Å². The van der Waals surface area contributed by atoms with Crippen LogP contribution in [0.3, 0.4) is 0 Å². The number of benzene rings is 2. The molecule has 10 heteroatoms. The molecule has 0 radical (unpaired) electrons. The van der Waals surface area contributed by atoms with Gasteiger partial charge in [-0.3, -0.25) is 4.79 Å². The molecule has 31 heavy (non-hydrogen) atoms. The molecule has 1 aliphatic carbocycles. The van der Waals surface area contributed by atoms with Crippen LogP contribution in [0.15, 0.2) is 59.4 Å². The van der Waals surface area contributed by atoms with Crippen LogP contribution in [0.25, 0.3) is 5.69 Å². The molecule has 4 rings (SSSR count). The number of carbonyl (C=O) groups is 1. The normalized spacial score (nSPS) is 13.8. The Morgan fingerprint density at radius 2 is 1.77 bits per heavy atom. The molecule has 1 aliphatic rings. The maximum atomic E-state index is 12.9. The van der Waals surface area contributed by atoms with Crippen molar-refractivity contribution in [3.63, 3.8) is 0 Å². The standard InChI is InChI=1S/C21H19F3N4O3/c22-21(23,24)31-17-10-8-15(9-11-17)19(29)25-12-13-27-20(30)28(16-4-2-1-3-5-16)18(26-27)14-6-7-14/h1-5,8-11,14H,6-7,12-13H2,(H,25,29). The molecule has 3 aromatic rings. The van der Waals surface area contributed by atoms with Gasteiger partial charge in [0.2, 0.25) is 0 Å². The van der Waals surface area contributed by atoms with Gasteiger partial charge < -0.3 is 10.1 Å². The van der Waals surface area contributed by atoms with E-state index in [1.807, 2.05) is 30.3 Å². The third-order valence-corrected chi connectivity index (χ3v) is 4.78. The van der Waals surface area contributed by atoms with Crippen LogP contribution in [0.5, 0.6) is 5.75 Å². The minimum absolute atomic E-state index is 0.134. The van der Waals surface area contributed by atoms with E-state index in [0.717, 1.165) is 30.7 Å². The van der Waals surface area contributed by atoms with E-state index in [0.29, 0.717) is 5.82 Å². The molecule has 1 amide bonds. The summed E-state index contributed by atoms with van der Waals surface area (Å²) in [7, 11) is 0. The van der Waals surface area contributed by atoms with Crippen molar-refractivity contribution in [1.29, 1.82) is 0 Å². The highest BCUT2D eigenvalue weighted by Gasteiger charge is 2.32. The van der Waals surface area contributed by atoms with Gasteiger partial charge in [-0.05, 0) is 49.2 Å². The minimum atomic E-state index is -4.79. The molecule has 1 saturated carbocycles. The second kappa shape index (κ2) is 8.29. The molecule has 0 aliphatic heterocycles. The Labute approximate surface area is 175 Å². The van der Waals surface area contributed by atoms with Crippen LogP contribution in [0.4, 0.5) is 13.2 Å². The number of hydrogen-bond acceptors (Lipinski definition) is 4. The van der Waals surface area contributed by atoms with Crippen LogP contribution >= 0.6 is 0 Å². The lowest BCUT2D eigenvalue weighted by Gasteiger charge is -2.09. The van der Waals surface area contributed by atoms with E-state index in [2.05, 4.69) is 15.2 Å². The molecule has 0 saturated heterocycles. The zero-order valence-corrected chi connectivity index (χ0v) is 16.3. The van der Waals surface area contributed by atoms with E-state index in [9.17, 15) is 22.8 Å². The number of nitrogens with zero attached hydrogens (tertiary/aromatic N) is 3. The molecule has 1 aromatic heterocycles. The van der Waals surface area contributed by atoms with Crippen molar-refractivity contribution in [2.75, 3.05) is 6.54 Å². The first-order valence-corrected chi connectivity index (χ1v) is 9.71. The average molecular weight is 432 g/mol. The Morgan fingerprint density at radius 1 is 1.10 bits per heavy atom. The van der Waals surface area contributed by atoms with Crippen molar-refractivity contribution in [2.45, 2.75) is 31.7 Å².